The topological polar surface area (TPSA) is 237 Å². The van der Waals surface area contributed by atoms with Crippen molar-refractivity contribution >= 4 is 39.5 Å². The predicted molar refractivity (Wildman–Crippen MR) is 331 cm³/mol. The lowest BCUT2D eigenvalue weighted by atomic mass is 10.00. The average Bonchev–Trinajstić information content (AvgIpc) is 3.47. The Hall–Kier alpha value is -1.94. The van der Waals surface area contributed by atoms with Gasteiger partial charge in [0.1, 0.15) is 19.3 Å². The number of aliphatic hydroxyl groups is 1. The first-order chi connectivity index (χ1) is 39.9. The maximum Gasteiger partial charge on any atom is 0.472 e. The number of phosphoric acid groups is 2. The number of rotatable bonds is 63. The molecule has 0 fully saturated rings. The average molecular weight is 1230 g/mol. The Bertz CT molecular complexity index is 1630. The molecule has 0 saturated heterocycles. The monoisotopic (exact) mass is 1230 g/mol. The third kappa shape index (κ3) is 57.6. The standard InChI is InChI=1S/C64H124O17P2/c1-7-10-12-14-16-18-19-20-24-28-35-41-47-62(67)75-52-59(80-63(68)48-42-36-29-25-21-23-26-32-38-44-56(4)5)54-78-82(70,71)76-50-58(65)51-77-83(72,73)79-55-60(53-74-61(66)46-40-34-27-22-17-15-13-11-8-2)81-64(69)49-43-37-31-30-33-39-45-57(6)9-3/h56-60,65H,7-55H2,1-6H3,(H,70,71)(H,72,73)/t57?,58-,59-,60-/m1/s1. The van der Waals surface area contributed by atoms with Crippen LogP contribution in [0.5, 0.6) is 0 Å². The van der Waals surface area contributed by atoms with Crippen LogP contribution in [-0.4, -0.2) is 96.7 Å². The van der Waals surface area contributed by atoms with E-state index in [1.165, 1.54) is 135 Å². The fraction of sp³-hybridized carbons (Fsp3) is 0.938. The smallest absolute Gasteiger partial charge is 0.462 e. The van der Waals surface area contributed by atoms with Crippen LogP contribution in [0, 0.1) is 11.8 Å². The van der Waals surface area contributed by atoms with Crippen molar-refractivity contribution in [3.8, 4) is 0 Å². The Kier molecular flexibility index (Phi) is 55.2. The normalized spacial score (nSPS) is 14.6. The zero-order valence-electron chi connectivity index (χ0n) is 53.5. The van der Waals surface area contributed by atoms with Gasteiger partial charge in [-0.2, -0.15) is 0 Å². The zero-order valence-corrected chi connectivity index (χ0v) is 55.3. The minimum atomic E-state index is -4.94. The van der Waals surface area contributed by atoms with E-state index in [1.807, 2.05) is 0 Å². The summed E-state index contributed by atoms with van der Waals surface area (Å²) in [6.45, 7) is 9.41. The molecule has 3 N–H and O–H groups in total. The molecule has 83 heavy (non-hydrogen) atoms. The van der Waals surface area contributed by atoms with E-state index in [2.05, 4.69) is 41.5 Å². The second-order valence-corrected chi connectivity index (χ2v) is 26.8. The van der Waals surface area contributed by atoms with E-state index in [-0.39, 0.29) is 25.7 Å². The van der Waals surface area contributed by atoms with E-state index in [4.69, 9.17) is 37.0 Å². The Labute approximate surface area is 505 Å². The number of phosphoric ester groups is 2. The van der Waals surface area contributed by atoms with Crippen LogP contribution < -0.4 is 0 Å². The molecule has 6 atom stereocenters. The van der Waals surface area contributed by atoms with Gasteiger partial charge >= 0.3 is 39.5 Å². The molecule has 0 radical (unpaired) electrons. The molecule has 0 aliphatic heterocycles. The van der Waals surface area contributed by atoms with Gasteiger partial charge in [-0.05, 0) is 37.5 Å². The van der Waals surface area contributed by atoms with Gasteiger partial charge in [-0.15, -0.1) is 0 Å². The van der Waals surface area contributed by atoms with E-state index in [0.29, 0.717) is 25.7 Å². The van der Waals surface area contributed by atoms with Crippen LogP contribution >= 0.6 is 15.6 Å². The summed E-state index contributed by atoms with van der Waals surface area (Å²) in [5.74, 6) is -0.680. The number of ether oxygens (including phenoxy) is 4. The molecule has 0 aromatic heterocycles. The first-order valence-electron chi connectivity index (χ1n) is 33.5. The minimum Gasteiger partial charge on any atom is -0.462 e. The van der Waals surface area contributed by atoms with Crippen LogP contribution in [-0.2, 0) is 65.4 Å². The number of carbonyl (C=O) groups is 4. The fourth-order valence-electron chi connectivity index (χ4n) is 9.50. The maximum atomic E-state index is 13.0. The van der Waals surface area contributed by atoms with Gasteiger partial charge < -0.3 is 33.8 Å². The van der Waals surface area contributed by atoms with E-state index >= 15 is 0 Å². The molecule has 492 valence electrons. The third-order valence-corrected chi connectivity index (χ3v) is 17.0. The van der Waals surface area contributed by atoms with Crippen LogP contribution in [0.15, 0.2) is 0 Å². The van der Waals surface area contributed by atoms with Crippen LogP contribution in [0.3, 0.4) is 0 Å². The number of hydrogen-bond donors (Lipinski definition) is 3. The SMILES string of the molecule is CCCCCCCCCCCCCCC(=O)OC[C@H](COP(=O)(O)OC[C@@H](O)COP(=O)(O)OC[C@@H](COC(=O)CCCCCCCCCCC)OC(=O)CCCCCCCCC(C)CC)OC(=O)CCCCCCCCCCCC(C)C. The summed E-state index contributed by atoms with van der Waals surface area (Å²) in [5, 5.41) is 10.5. The second-order valence-electron chi connectivity index (χ2n) is 23.9. The van der Waals surface area contributed by atoms with Gasteiger partial charge in [-0.3, -0.25) is 37.3 Å². The summed E-state index contributed by atoms with van der Waals surface area (Å²) in [6.07, 6.45) is 38.9. The van der Waals surface area contributed by atoms with Crippen molar-refractivity contribution in [2.75, 3.05) is 39.6 Å². The molecule has 19 heteroatoms. The molecule has 0 aromatic carbocycles. The second kappa shape index (κ2) is 56.6. The van der Waals surface area contributed by atoms with Crippen LogP contribution in [0.4, 0.5) is 0 Å². The molecule has 0 aromatic rings. The van der Waals surface area contributed by atoms with Gasteiger partial charge in [0, 0.05) is 25.7 Å². The number of hydrogen-bond acceptors (Lipinski definition) is 15. The van der Waals surface area contributed by atoms with Gasteiger partial charge in [0.15, 0.2) is 12.2 Å². The van der Waals surface area contributed by atoms with Crippen molar-refractivity contribution in [3.63, 3.8) is 0 Å². The molecule has 0 spiro atoms. The van der Waals surface area contributed by atoms with Crippen molar-refractivity contribution in [2.45, 2.75) is 336 Å². The Morgan fingerprint density at radius 1 is 0.349 bits per heavy atom. The summed E-state index contributed by atoms with van der Waals surface area (Å²) >= 11 is 0. The molecule has 0 aliphatic carbocycles. The fourth-order valence-corrected chi connectivity index (χ4v) is 11.1. The van der Waals surface area contributed by atoms with E-state index in [9.17, 15) is 43.2 Å². The van der Waals surface area contributed by atoms with Gasteiger partial charge in [0.05, 0.1) is 26.4 Å². The molecule has 0 amide bonds. The highest BCUT2D eigenvalue weighted by atomic mass is 31.2. The minimum absolute atomic E-state index is 0.103. The lowest BCUT2D eigenvalue weighted by Crippen LogP contribution is -2.30. The predicted octanol–water partition coefficient (Wildman–Crippen LogP) is 17.7. The summed E-state index contributed by atoms with van der Waals surface area (Å²) < 4.78 is 68.0. The highest BCUT2D eigenvalue weighted by molar-refractivity contribution is 7.47. The summed E-state index contributed by atoms with van der Waals surface area (Å²) in [5.41, 5.74) is 0. The van der Waals surface area contributed by atoms with E-state index < -0.39 is 97.5 Å². The number of esters is 4. The third-order valence-electron chi connectivity index (χ3n) is 15.1. The highest BCUT2D eigenvalue weighted by Crippen LogP contribution is 2.45. The van der Waals surface area contributed by atoms with Gasteiger partial charge in [-0.25, -0.2) is 9.13 Å². The molecule has 17 nitrogen and oxygen atoms in total. The van der Waals surface area contributed by atoms with Gasteiger partial charge in [0.2, 0.25) is 0 Å². The Morgan fingerprint density at radius 3 is 0.916 bits per heavy atom. The van der Waals surface area contributed by atoms with Crippen molar-refractivity contribution in [2.24, 2.45) is 11.8 Å². The van der Waals surface area contributed by atoms with Gasteiger partial charge in [0.25, 0.3) is 0 Å². The lowest BCUT2D eigenvalue weighted by molar-refractivity contribution is -0.161. The zero-order chi connectivity index (χ0) is 61.5. The molecule has 0 rings (SSSR count). The van der Waals surface area contributed by atoms with Crippen LogP contribution in [0.2, 0.25) is 0 Å². The number of carbonyl (C=O) groups excluding carboxylic acids is 4. The Morgan fingerprint density at radius 2 is 0.614 bits per heavy atom. The van der Waals surface area contributed by atoms with Gasteiger partial charge in [-0.1, -0.05) is 266 Å². The van der Waals surface area contributed by atoms with Crippen molar-refractivity contribution in [3.05, 3.63) is 0 Å². The quantitative estimate of drug-likeness (QED) is 0.0222. The highest BCUT2D eigenvalue weighted by Gasteiger charge is 2.30. The summed E-state index contributed by atoms with van der Waals surface area (Å²) in [7, 11) is -9.89. The van der Waals surface area contributed by atoms with Crippen molar-refractivity contribution in [1.82, 2.24) is 0 Å². The van der Waals surface area contributed by atoms with E-state index in [1.54, 1.807) is 0 Å². The molecular formula is C64H124O17P2. The summed E-state index contributed by atoms with van der Waals surface area (Å²) in [4.78, 5) is 72.2. The lowest BCUT2D eigenvalue weighted by Gasteiger charge is -2.21. The maximum absolute atomic E-state index is 13.0. The molecule has 0 saturated carbocycles. The van der Waals surface area contributed by atoms with Crippen LogP contribution in [0.25, 0.3) is 0 Å². The molecule has 3 unspecified atom stereocenters. The largest absolute Gasteiger partial charge is 0.472 e. The van der Waals surface area contributed by atoms with Crippen LogP contribution in [0.1, 0.15) is 318 Å². The number of unbranched alkanes of at least 4 members (excludes halogenated alkanes) is 32. The van der Waals surface area contributed by atoms with E-state index in [0.717, 1.165) is 102 Å². The Balaban J connectivity index is 5.25. The van der Waals surface area contributed by atoms with Crippen molar-refractivity contribution in [1.29, 1.82) is 0 Å². The molecule has 0 bridgehead atoms. The molecule has 0 aliphatic rings. The first kappa shape index (κ1) is 81.1. The number of aliphatic hydroxyl groups excluding tert-OH is 1. The molecular weight excluding hydrogens is 1100 g/mol. The first-order valence-corrected chi connectivity index (χ1v) is 36.5. The summed E-state index contributed by atoms with van der Waals surface area (Å²) in [6, 6.07) is 0. The molecule has 0 heterocycles. The van der Waals surface area contributed by atoms with Crippen molar-refractivity contribution < 1.29 is 80.2 Å².